The molecule has 0 bridgehead atoms. The van der Waals surface area contributed by atoms with E-state index in [1.807, 2.05) is 48.5 Å². The predicted molar refractivity (Wildman–Crippen MR) is 157 cm³/mol. The largest absolute Gasteiger partial charge is 0.492 e. The Hall–Kier alpha value is -4.08. The topological polar surface area (TPSA) is 94.7 Å². The number of nitrogens with zero attached hydrogens (tertiary/aromatic N) is 2. The Morgan fingerprint density at radius 1 is 0.950 bits per heavy atom. The van der Waals surface area contributed by atoms with Crippen LogP contribution < -0.4 is 14.4 Å². The van der Waals surface area contributed by atoms with Crippen molar-refractivity contribution in [3.63, 3.8) is 0 Å². The Kier molecular flexibility index (Phi) is 6.13. The summed E-state index contributed by atoms with van der Waals surface area (Å²) in [7, 11) is -3.78. The number of aromatic nitrogens is 1. The molecule has 3 aliphatic rings. The molecule has 8 nitrogen and oxygen atoms in total. The van der Waals surface area contributed by atoms with E-state index in [1.165, 1.54) is 17.1 Å². The number of nitrogens with one attached hydrogen (secondary N) is 2. The smallest absolute Gasteiger partial charge is 0.264 e. The first kappa shape index (κ1) is 24.9. The molecule has 4 aromatic rings. The molecule has 1 fully saturated rings. The van der Waals surface area contributed by atoms with Crippen molar-refractivity contribution in [3.05, 3.63) is 83.6 Å². The van der Waals surface area contributed by atoms with Crippen LogP contribution in [0.15, 0.2) is 71.6 Å². The van der Waals surface area contributed by atoms with Crippen molar-refractivity contribution in [3.8, 4) is 5.75 Å². The molecule has 0 unspecified atom stereocenters. The Morgan fingerprint density at radius 2 is 1.80 bits per heavy atom. The molecule has 7 rings (SSSR count). The number of ether oxygens (including phenoxy) is 1. The fraction of sp³-hybridized carbons (Fsp3) is 0.258. The number of carbonyl (C=O) groups excluding carboxylic acids is 1. The SMILES string of the molecule is O=C1Nc2ccc(S(=O)(=O)N3CCc4ccccc43)cc2C1=Cc1cc2cc(OCCN3CCCC3)ccc2[nH]1. The highest BCUT2D eigenvalue weighted by Crippen LogP contribution is 2.38. The molecule has 1 aromatic heterocycles. The molecule has 0 spiro atoms. The standard InChI is InChI=1S/C31H30N4O4S/c36-31-27(19-23-17-22-18-24(7-9-28(22)32-23)39-16-15-34-12-3-4-13-34)26-20-25(8-10-29(26)33-31)40(37,38)35-14-11-21-5-1-2-6-30(21)35/h1-2,5-10,17-20,32H,3-4,11-16H2,(H,33,36). The summed E-state index contributed by atoms with van der Waals surface area (Å²) >= 11 is 0. The van der Waals surface area contributed by atoms with E-state index < -0.39 is 10.0 Å². The number of para-hydroxylation sites is 1. The number of H-pyrrole nitrogens is 1. The van der Waals surface area contributed by atoms with E-state index >= 15 is 0 Å². The van der Waals surface area contributed by atoms with Crippen LogP contribution in [-0.2, 0) is 21.2 Å². The zero-order valence-corrected chi connectivity index (χ0v) is 22.8. The number of benzene rings is 3. The van der Waals surface area contributed by atoms with Crippen molar-refractivity contribution >= 4 is 49.9 Å². The predicted octanol–water partition coefficient (Wildman–Crippen LogP) is 4.89. The molecule has 40 heavy (non-hydrogen) atoms. The van der Waals surface area contributed by atoms with Crippen LogP contribution in [0.3, 0.4) is 0 Å². The molecular weight excluding hydrogens is 524 g/mol. The summed E-state index contributed by atoms with van der Waals surface area (Å²) in [6, 6.07) is 20.3. The highest BCUT2D eigenvalue weighted by atomic mass is 32.2. The first-order valence-electron chi connectivity index (χ1n) is 13.7. The lowest BCUT2D eigenvalue weighted by Gasteiger charge is -2.20. The van der Waals surface area contributed by atoms with E-state index in [0.717, 1.165) is 47.5 Å². The minimum Gasteiger partial charge on any atom is -0.492 e. The normalized spacial score (nSPS) is 17.9. The van der Waals surface area contributed by atoms with Gasteiger partial charge in [-0.1, -0.05) is 18.2 Å². The summed E-state index contributed by atoms with van der Waals surface area (Å²) in [5.41, 5.74) is 5.01. The van der Waals surface area contributed by atoms with Gasteiger partial charge in [-0.25, -0.2) is 8.42 Å². The van der Waals surface area contributed by atoms with Gasteiger partial charge >= 0.3 is 0 Å². The van der Waals surface area contributed by atoms with Crippen LogP contribution in [0.25, 0.3) is 22.6 Å². The van der Waals surface area contributed by atoms with Gasteiger partial charge in [0.05, 0.1) is 16.2 Å². The summed E-state index contributed by atoms with van der Waals surface area (Å²) in [5.74, 6) is 0.549. The maximum absolute atomic E-state index is 13.6. The third-order valence-electron chi connectivity index (χ3n) is 7.99. The van der Waals surface area contributed by atoms with Gasteiger partial charge in [0.15, 0.2) is 0 Å². The maximum Gasteiger partial charge on any atom is 0.264 e. The van der Waals surface area contributed by atoms with E-state index in [4.69, 9.17) is 4.74 Å². The minimum absolute atomic E-state index is 0.165. The van der Waals surface area contributed by atoms with Crippen molar-refractivity contribution in [2.75, 3.05) is 42.4 Å². The van der Waals surface area contributed by atoms with E-state index in [-0.39, 0.29) is 10.8 Å². The van der Waals surface area contributed by atoms with Crippen LogP contribution in [0.2, 0.25) is 0 Å². The van der Waals surface area contributed by atoms with Crippen LogP contribution >= 0.6 is 0 Å². The van der Waals surface area contributed by atoms with E-state index in [0.29, 0.717) is 42.1 Å². The van der Waals surface area contributed by atoms with Crippen molar-refractivity contribution in [1.29, 1.82) is 0 Å². The zero-order chi connectivity index (χ0) is 27.3. The Bertz CT molecular complexity index is 1770. The lowest BCUT2D eigenvalue weighted by molar-refractivity contribution is -0.110. The number of anilines is 2. The zero-order valence-electron chi connectivity index (χ0n) is 22.0. The van der Waals surface area contributed by atoms with Gasteiger partial charge in [-0.2, -0.15) is 0 Å². The number of fused-ring (bicyclic) bond motifs is 3. The first-order valence-corrected chi connectivity index (χ1v) is 15.2. The van der Waals surface area contributed by atoms with Gasteiger partial charge in [0, 0.05) is 40.9 Å². The molecule has 0 radical (unpaired) electrons. The summed E-state index contributed by atoms with van der Waals surface area (Å²) in [6.07, 6.45) is 4.98. The summed E-state index contributed by atoms with van der Waals surface area (Å²) in [4.78, 5) is 18.9. The molecule has 3 aliphatic heterocycles. The molecule has 204 valence electrons. The lowest BCUT2D eigenvalue weighted by atomic mass is 10.1. The molecular formula is C31H30N4O4S. The minimum atomic E-state index is -3.78. The number of sulfonamides is 1. The third kappa shape index (κ3) is 4.45. The summed E-state index contributed by atoms with van der Waals surface area (Å²) in [6.45, 7) is 4.28. The Labute approximate surface area is 233 Å². The Morgan fingerprint density at radius 3 is 2.67 bits per heavy atom. The average molecular weight is 555 g/mol. The highest BCUT2D eigenvalue weighted by Gasteiger charge is 2.33. The van der Waals surface area contributed by atoms with Gasteiger partial charge in [-0.15, -0.1) is 0 Å². The second-order valence-electron chi connectivity index (χ2n) is 10.5. The van der Waals surface area contributed by atoms with Crippen molar-refractivity contribution in [1.82, 2.24) is 9.88 Å². The molecule has 3 aromatic carbocycles. The van der Waals surface area contributed by atoms with Crippen molar-refractivity contribution in [2.45, 2.75) is 24.2 Å². The van der Waals surface area contributed by atoms with Gasteiger partial charge in [0.2, 0.25) is 0 Å². The molecule has 0 saturated carbocycles. The van der Waals surface area contributed by atoms with Gasteiger partial charge in [0.25, 0.3) is 15.9 Å². The number of likely N-dealkylation sites (tertiary alicyclic amines) is 1. The van der Waals surface area contributed by atoms with E-state index in [9.17, 15) is 13.2 Å². The summed E-state index contributed by atoms with van der Waals surface area (Å²) in [5, 5.41) is 3.85. The molecule has 0 atom stereocenters. The van der Waals surface area contributed by atoms with Gasteiger partial charge in [-0.3, -0.25) is 14.0 Å². The van der Waals surface area contributed by atoms with Gasteiger partial charge < -0.3 is 15.0 Å². The van der Waals surface area contributed by atoms with Crippen molar-refractivity contribution < 1.29 is 17.9 Å². The van der Waals surface area contributed by atoms with Crippen molar-refractivity contribution in [2.24, 2.45) is 0 Å². The number of hydrogen-bond donors (Lipinski definition) is 2. The second kappa shape index (κ2) is 9.83. The van der Waals surface area contributed by atoms with E-state index in [2.05, 4.69) is 15.2 Å². The van der Waals surface area contributed by atoms with Crippen LogP contribution in [-0.4, -0.2) is 57.0 Å². The molecule has 1 saturated heterocycles. The molecule has 4 heterocycles. The quantitative estimate of drug-likeness (QED) is 0.318. The van der Waals surface area contributed by atoms with Crippen LogP contribution in [0, 0.1) is 0 Å². The number of rotatable bonds is 7. The third-order valence-corrected chi connectivity index (χ3v) is 9.80. The fourth-order valence-electron chi connectivity index (χ4n) is 5.91. The second-order valence-corrected chi connectivity index (χ2v) is 12.4. The maximum atomic E-state index is 13.6. The van der Waals surface area contributed by atoms with Crippen LogP contribution in [0.5, 0.6) is 5.75 Å². The average Bonchev–Trinajstić information content (AvgIpc) is 3.75. The number of carbonyl (C=O) groups is 1. The number of hydrogen-bond acceptors (Lipinski definition) is 5. The first-order chi connectivity index (χ1) is 19.5. The van der Waals surface area contributed by atoms with Gasteiger partial charge in [0.1, 0.15) is 12.4 Å². The molecule has 0 aliphatic carbocycles. The van der Waals surface area contributed by atoms with E-state index in [1.54, 1.807) is 24.3 Å². The molecule has 1 amide bonds. The molecule has 9 heteroatoms. The summed E-state index contributed by atoms with van der Waals surface area (Å²) < 4.78 is 34.7. The van der Waals surface area contributed by atoms with Gasteiger partial charge in [-0.05, 0) is 92.5 Å². The fourth-order valence-corrected chi connectivity index (χ4v) is 7.44. The number of aromatic amines is 1. The molecule has 2 N–H and O–H groups in total. The van der Waals surface area contributed by atoms with Crippen LogP contribution in [0.1, 0.15) is 29.7 Å². The monoisotopic (exact) mass is 554 g/mol. The number of amides is 1. The lowest BCUT2D eigenvalue weighted by Crippen LogP contribution is -2.29. The highest BCUT2D eigenvalue weighted by molar-refractivity contribution is 7.92. The van der Waals surface area contributed by atoms with Crippen LogP contribution in [0.4, 0.5) is 11.4 Å². The Balaban J connectivity index is 1.15.